The maximum Gasteiger partial charge on any atom is 0.329 e. The largest absolute Gasteiger partial charge is 0.460 e. The first-order valence-electron chi connectivity index (χ1n) is 27.4. The van der Waals surface area contributed by atoms with Gasteiger partial charge in [-0.3, -0.25) is 24.0 Å². The van der Waals surface area contributed by atoms with Crippen LogP contribution in [0.15, 0.2) is 47.6 Å². The number of ether oxygens (including phenoxy) is 7. The lowest BCUT2D eigenvalue weighted by molar-refractivity contribution is -0.265. The number of rotatable bonds is 12. The van der Waals surface area contributed by atoms with Crippen LogP contribution in [0.25, 0.3) is 0 Å². The van der Waals surface area contributed by atoms with Gasteiger partial charge in [-0.05, 0) is 121 Å². The van der Waals surface area contributed by atoms with E-state index >= 15 is 0 Å². The van der Waals surface area contributed by atoms with Crippen LogP contribution >= 0.6 is 0 Å². The van der Waals surface area contributed by atoms with Crippen molar-refractivity contribution >= 4 is 35.2 Å². The van der Waals surface area contributed by atoms with E-state index in [1.807, 2.05) is 65.0 Å². The van der Waals surface area contributed by atoms with Crippen LogP contribution in [-0.2, 0) is 61.9 Å². The summed E-state index contributed by atoms with van der Waals surface area (Å²) in [5, 5.41) is 31.7. The van der Waals surface area contributed by atoms with Crippen molar-refractivity contribution in [3.05, 3.63) is 47.6 Å². The van der Waals surface area contributed by atoms with Crippen molar-refractivity contribution in [1.82, 2.24) is 4.90 Å². The number of cyclic esters (lactones) is 1. The molecule has 4 aliphatic rings. The van der Waals surface area contributed by atoms with Gasteiger partial charge in [0.2, 0.25) is 5.79 Å². The second-order valence-corrected chi connectivity index (χ2v) is 22.3. The van der Waals surface area contributed by atoms with E-state index in [1.165, 1.54) is 26.0 Å². The van der Waals surface area contributed by atoms with Crippen LogP contribution in [0.1, 0.15) is 139 Å². The lowest BCUT2D eigenvalue weighted by atomic mass is 9.78. The van der Waals surface area contributed by atoms with Crippen LogP contribution in [-0.4, -0.2) is 158 Å². The summed E-state index contributed by atoms with van der Waals surface area (Å²) >= 11 is 0. The molecule has 15 atom stereocenters. The Hall–Kier alpha value is -3.94. The molecule has 1 aliphatic carbocycles. The van der Waals surface area contributed by atoms with Gasteiger partial charge in [0.25, 0.3) is 11.7 Å². The second kappa shape index (κ2) is 29.7. The number of carbonyl (C=O) groups excluding carboxylic acids is 6. The van der Waals surface area contributed by atoms with Crippen molar-refractivity contribution in [2.75, 3.05) is 47.7 Å². The van der Waals surface area contributed by atoms with Gasteiger partial charge < -0.3 is 53.4 Å². The molecule has 75 heavy (non-hydrogen) atoms. The molecule has 17 nitrogen and oxygen atoms in total. The summed E-state index contributed by atoms with van der Waals surface area (Å²) in [7, 11) is 4.57. The Bertz CT molecular complexity index is 2040. The Morgan fingerprint density at radius 1 is 0.853 bits per heavy atom. The van der Waals surface area contributed by atoms with Crippen LogP contribution in [0.5, 0.6) is 0 Å². The molecule has 1 amide bonds. The topological polar surface area (TPSA) is 231 Å². The third kappa shape index (κ3) is 16.8. The summed E-state index contributed by atoms with van der Waals surface area (Å²) in [4.78, 5) is 86.2. The Labute approximate surface area is 446 Å². The molecule has 2 saturated heterocycles. The summed E-state index contributed by atoms with van der Waals surface area (Å²) in [6.07, 6.45) is 11.2. The number of piperidine rings is 1. The van der Waals surface area contributed by atoms with Gasteiger partial charge in [-0.2, -0.15) is 0 Å². The van der Waals surface area contributed by atoms with Crippen LogP contribution < -0.4 is 0 Å². The fourth-order valence-electron chi connectivity index (χ4n) is 11.1. The van der Waals surface area contributed by atoms with Crippen LogP contribution in [0.4, 0.5) is 0 Å². The van der Waals surface area contributed by atoms with Gasteiger partial charge in [0.15, 0.2) is 5.78 Å². The fraction of sp³-hybridized carbons (Fsp3) is 0.759. The van der Waals surface area contributed by atoms with E-state index in [0.717, 1.165) is 5.57 Å². The summed E-state index contributed by atoms with van der Waals surface area (Å²) in [5.74, 6) is -8.83. The molecule has 2 bridgehead atoms. The van der Waals surface area contributed by atoms with E-state index in [-0.39, 0.29) is 49.4 Å². The van der Waals surface area contributed by atoms with Crippen molar-refractivity contribution < 1.29 is 77.2 Å². The number of aliphatic hydroxyl groups is 3. The minimum absolute atomic E-state index is 0.0230. The van der Waals surface area contributed by atoms with Crippen molar-refractivity contribution in [1.29, 1.82) is 0 Å². The molecular weight excluding hydrogens is 967 g/mol. The molecule has 4 rings (SSSR count). The molecule has 0 aromatic rings. The van der Waals surface area contributed by atoms with Crippen molar-refractivity contribution in [2.45, 2.75) is 194 Å². The quantitative estimate of drug-likeness (QED) is 0.104. The van der Waals surface area contributed by atoms with E-state index < -0.39 is 120 Å². The van der Waals surface area contributed by atoms with E-state index in [0.29, 0.717) is 69.8 Å². The first kappa shape index (κ1) is 63.6. The average molecular weight is 1060 g/mol. The van der Waals surface area contributed by atoms with Gasteiger partial charge in [0.05, 0.1) is 31.5 Å². The predicted molar refractivity (Wildman–Crippen MR) is 281 cm³/mol. The number of methoxy groups -OCH3 is 3. The third-order valence-corrected chi connectivity index (χ3v) is 16.2. The zero-order valence-electron chi connectivity index (χ0n) is 47.0. The van der Waals surface area contributed by atoms with Crippen LogP contribution in [0.2, 0.25) is 0 Å². The number of esters is 2. The Morgan fingerprint density at radius 2 is 1.56 bits per heavy atom. The lowest BCUT2D eigenvalue weighted by Gasteiger charge is -2.42. The number of hydrogen-bond donors (Lipinski definition) is 3. The number of hydrogen-bond acceptors (Lipinski definition) is 16. The number of fused-ring (bicyclic) bond motifs is 3. The van der Waals surface area contributed by atoms with Crippen LogP contribution in [0, 0.1) is 40.9 Å². The Balaban J connectivity index is 1.73. The summed E-state index contributed by atoms with van der Waals surface area (Å²) in [5.41, 5.74) is 0.0175. The van der Waals surface area contributed by atoms with Gasteiger partial charge in [-0.1, -0.05) is 71.1 Å². The maximum atomic E-state index is 14.6. The summed E-state index contributed by atoms with van der Waals surface area (Å²) in [6.45, 7) is 15.3. The molecule has 424 valence electrons. The fourth-order valence-corrected chi connectivity index (χ4v) is 11.1. The second-order valence-electron chi connectivity index (χ2n) is 22.3. The smallest absolute Gasteiger partial charge is 0.329 e. The molecule has 3 aliphatic heterocycles. The molecule has 0 spiro atoms. The highest BCUT2D eigenvalue weighted by molar-refractivity contribution is 6.39. The van der Waals surface area contributed by atoms with Crippen LogP contribution in [0.3, 0.4) is 0 Å². The SMILES string of the molecule is CCO[C@@H]1/C(C)=C/[C@@H](C)C(=O)C[C@@H]([C@H](C)C[C@@H]2CC[C@@H](OC(=O)C(C)(CO)CO)[C@H](OC)C2)OC(=O)[C@@H]2CCCCN2C(=O)C(=O)[C@]2(O)O[C@@H](CC[C@H]2C)C[C@H](OC)/C(C)=C/C=C/C=C/[C@@H](C)C[C@@H](C)C(=O)[C@@H]1OC. The first-order chi connectivity index (χ1) is 35.5. The van der Waals surface area contributed by atoms with E-state index in [9.17, 15) is 44.1 Å². The molecule has 0 aromatic heterocycles. The van der Waals surface area contributed by atoms with E-state index in [2.05, 4.69) is 0 Å². The van der Waals surface area contributed by atoms with Gasteiger partial charge in [-0.15, -0.1) is 0 Å². The number of ketones is 3. The number of Topliss-reactive ketones (excluding diaryl/α,β-unsaturated/α-hetero) is 3. The van der Waals surface area contributed by atoms with E-state index in [1.54, 1.807) is 34.0 Å². The van der Waals surface area contributed by atoms with Crippen molar-refractivity contribution in [2.24, 2.45) is 40.9 Å². The van der Waals surface area contributed by atoms with Gasteiger partial charge in [0.1, 0.15) is 41.7 Å². The minimum Gasteiger partial charge on any atom is -0.460 e. The normalized spacial score (nSPS) is 36.8. The Kier molecular flexibility index (Phi) is 25.2. The summed E-state index contributed by atoms with van der Waals surface area (Å²) < 4.78 is 42.1. The first-order valence-corrected chi connectivity index (χ1v) is 27.4. The summed E-state index contributed by atoms with van der Waals surface area (Å²) in [6, 6.07) is -1.19. The van der Waals surface area contributed by atoms with Gasteiger partial charge >= 0.3 is 11.9 Å². The maximum absolute atomic E-state index is 14.6. The molecular formula is C58H91NO16. The van der Waals surface area contributed by atoms with E-state index in [4.69, 9.17) is 33.2 Å². The Morgan fingerprint density at radius 3 is 2.20 bits per heavy atom. The highest BCUT2D eigenvalue weighted by Gasteiger charge is 2.53. The number of allylic oxidation sites excluding steroid dienone is 6. The van der Waals surface area contributed by atoms with Crippen molar-refractivity contribution in [3.63, 3.8) is 0 Å². The standard InChI is InChI=1S/C58H91NO16/c1-13-72-51-40(7)28-37(4)45(62)32-48(38(5)29-42-23-25-46(49(30-42)70-11)74-56(67)57(9,33-60)34-61)73-55(66)44-21-17-18-26-59(44)54(65)53(64)58(68)41(8)22-24-43(75-58)31-47(69-10)36(3)20-16-14-15-19-35(2)27-39(6)50(63)52(51)71-12/h14-16,19-20,28,35,37-39,41-44,46-49,51-52,60-61,68H,13,17-18,21-27,29-34H2,1-12H3/b16-14+,19-15+,36-20+,40-28+/t35-,37-,38-,39-,41-,42+,43+,44+,46-,47+,48+,49-,51-,52+,58-/m1/s1. The number of amides is 1. The highest BCUT2D eigenvalue weighted by Crippen LogP contribution is 2.38. The highest BCUT2D eigenvalue weighted by atomic mass is 16.6. The molecule has 0 radical (unpaired) electrons. The average Bonchev–Trinajstić information content (AvgIpc) is 3.39. The molecule has 3 fully saturated rings. The zero-order chi connectivity index (χ0) is 55.8. The monoisotopic (exact) mass is 1060 g/mol. The molecule has 17 heteroatoms. The zero-order valence-corrected chi connectivity index (χ0v) is 47.0. The molecule has 0 unspecified atom stereocenters. The minimum atomic E-state index is -2.46. The van der Waals surface area contributed by atoms with Gasteiger partial charge in [0, 0.05) is 65.1 Å². The number of nitrogens with zero attached hydrogens (tertiary/aromatic N) is 1. The van der Waals surface area contributed by atoms with Crippen molar-refractivity contribution in [3.8, 4) is 0 Å². The molecule has 1 saturated carbocycles. The third-order valence-electron chi connectivity index (χ3n) is 16.2. The molecule has 3 N–H and O–H groups in total. The molecule has 3 heterocycles. The lowest BCUT2D eigenvalue weighted by Crippen LogP contribution is -2.61. The van der Waals surface area contributed by atoms with Gasteiger partial charge in [-0.25, -0.2) is 4.79 Å². The number of carbonyl (C=O) groups is 6. The predicted octanol–water partition coefficient (Wildman–Crippen LogP) is 6.77. The molecule has 0 aromatic carbocycles. The number of aliphatic hydroxyl groups excluding tert-OH is 2.